The summed E-state index contributed by atoms with van der Waals surface area (Å²) in [5.41, 5.74) is 1.43. The van der Waals surface area contributed by atoms with Gasteiger partial charge in [-0.2, -0.15) is 0 Å². The van der Waals surface area contributed by atoms with Gasteiger partial charge in [0.2, 0.25) is 0 Å². The van der Waals surface area contributed by atoms with Crippen LogP contribution in [-0.2, 0) is 0 Å². The number of rotatable bonds is 7. The fourth-order valence-corrected chi connectivity index (χ4v) is 3.63. The monoisotopic (exact) mass is 405 g/mol. The summed E-state index contributed by atoms with van der Waals surface area (Å²) in [4.78, 5) is 16.9. The molecule has 0 spiro atoms. The number of amides is 1. The van der Waals surface area contributed by atoms with E-state index in [9.17, 15) is 9.18 Å². The van der Waals surface area contributed by atoms with Crippen molar-refractivity contribution in [3.63, 3.8) is 0 Å². The van der Waals surface area contributed by atoms with E-state index in [1.54, 1.807) is 7.11 Å². The van der Waals surface area contributed by atoms with Gasteiger partial charge in [0, 0.05) is 32.7 Å². The van der Waals surface area contributed by atoms with Crippen LogP contribution >= 0.6 is 11.6 Å². The van der Waals surface area contributed by atoms with Crippen LogP contribution in [0.25, 0.3) is 0 Å². The minimum Gasteiger partial charge on any atom is -0.495 e. The Hall–Kier alpha value is -2.31. The van der Waals surface area contributed by atoms with Gasteiger partial charge < -0.3 is 15.0 Å². The van der Waals surface area contributed by atoms with E-state index in [1.165, 1.54) is 12.1 Å². The maximum absolute atomic E-state index is 13.1. The van der Waals surface area contributed by atoms with Gasteiger partial charge >= 0.3 is 0 Å². The smallest absolute Gasteiger partial charge is 0.252 e. The quantitative estimate of drug-likeness (QED) is 0.717. The summed E-state index contributed by atoms with van der Waals surface area (Å²) in [6.07, 6.45) is 0.846. The van der Waals surface area contributed by atoms with Crippen molar-refractivity contribution in [1.29, 1.82) is 0 Å². The predicted molar refractivity (Wildman–Crippen MR) is 110 cm³/mol. The van der Waals surface area contributed by atoms with Crippen molar-refractivity contribution in [3.05, 3.63) is 58.9 Å². The molecule has 0 aromatic heterocycles. The van der Waals surface area contributed by atoms with Crippen LogP contribution in [0.3, 0.4) is 0 Å². The highest BCUT2D eigenvalue weighted by Gasteiger charge is 2.19. The van der Waals surface area contributed by atoms with Gasteiger partial charge in [-0.1, -0.05) is 23.7 Å². The van der Waals surface area contributed by atoms with E-state index >= 15 is 0 Å². The van der Waals surface area contributed by atoms with Crippen LogP contribution < -0.4 is 15.0 Å². The number of carbonyl (C=O) groups excluding carboxylic acids is 1. The summed E-state index contributed by atoms with van der Waals surface area (Å²) in [5, 5.41) is 2.98. The lowest BCUT2D eigenvalue weighted by Gasteiger charge is -2.36. The van der Waals surface area contributed by atoms with Crippen LogP contribution in [-0.4, -0.2) is 57.2 Å². The molecule has 0 aliphatic carbocycles. The molecule has 2 aromatic rings. The number of nitrogens with zero attached hydrogens (tertiary/aromatic N) is 2. The fourth-order valence-electron chi connectivity index (χ4n) is 3.38. The normalized spacial score (nSPS) is 14.8. The standard InChI is InChI=1S/C21H25ClFN3O2/c1-28-20-6-3-2-5-19(20)26-13-11-25(12-14-26)10-4-9-24-21(27)17-8-7-16(23)15-18(17)22/h2-3,5-8,15H,4,9-14H2,1H3,(H,24,27). The lowest BCUT2D eigenvalue weighted by Crippen LogP contribution is -2.47. The van der Waals surface area contributed by atoms with Crippen molar-refractivity contribution in [2.75, 3.05) is 51.3 Å². The second-order valence-electron chi connectivity index (χ2n) is 6.73. The molecule has 2 aromatic carbocycles. The third-order valence-corrected chi connectivity index (χ3v) is 5.22. The molecule has 0 saturated carbocycles. The zero-order chi connectivity index (χ0) is 19.9. The summed E-state index contributed by atoms with van der Waals surface area (Å²) in [7, 11) is 1.70. The number of anilines is 1. The fraction of sp³-hybridized carbons (Fsp3) is 0.381. The van der Waals surface area contributed by atoms with Gasteiger partial charge in [0.25, 0.3) is 5.91 Å². The van der Waals surface area contributed by atoms with Crippen LogP contribution in [0.5, 0.6) is 5.75 Å². The molecular weight excluding hydrogens is 381 g/mol. The van der Waals surface area contributed by atoms with Crippen molar-refractivity contribution in [1.82, 2.24) is 10.2 Å². The molecule has 0 radical (unpaired) electrons. The zero-order valence-corrected chi connectivity index (χ0v) is 16.7. The molecule has 5 nitrogen and oxygen atoms in total. The number of halogens is 2. The number of nitrogens with one attached hydrogen (secondary N) is 1. The first-order valence-electron chi connectivity index (χ1n) is 9.42. The first-order valence-corrected chi connectivity index (χ1v) is 9.80. The Bertz CT molecular complexity index is 810. The Morgan fingerprint density at radius 2 is 1.93 bits per heavy atom. The Balaban J connectivity index is 1.39. The van der Waals surface area contributed by atoms with Gasteiger partial charge in [0.05, 0.1) is 23.4 Å². The number of hydrogen-bond donors (Lipinski definition) is 1. The molecule has 0 unspecified atom stereocenters. The van der Waals surface area contributed by atoms with Gasteiger partial charge in [-0.25, -0.2) is 4.39 Å². The second-order valence-corrected chi connectivity index (χ2v) is 7.14. The Morgan fingerprint density at radius 3 is 2.64 bits per heavy atom. The Labute approximate surface area is 170 Å². The largest absolute Gasteiger partial charge is 0.495 e. The van der Waals surface area contributed by atoms with Gasteiger partial charge in [0.1, 0.15) is 11.6 Å². The topological polar surface area (TPSA) is 44.8 Å². The molecule has 3 rings (SSSR count). The lowest BCUT2D eigenvalue weighted by atomic mass is 10.2. The Kier molecular flexibility index (Phi) is 7.12. The van der Waals surface area contributed by atoms with E-state index in [0.717, 1.165) is 56.6 Å². The Morgan fingerprint density at radius 1 is 1.18 bits per heavy atom. The van der Waals surface area contributed by atoms with Crippen molar-refractivity contribution in [2.45, 2.75) is 6.42 Å². The van der Waals surface area contributed by atoms with Gasteiger partial charge in [-0.05, 0) is 43.3 Å². The first kappa shape index (κ1) is 20.4. The molecule has 0 atom stereocenters. The molecule has 1 amide bonds. The predicted octanol–water partition coefficient (Wildman–Crippen LogP) is 3.43. The third-order valence-electron chi connectivity index (χ3n) is 4.91. The highest BCUT2D eigenvalue weighted by molar-refractivity contribution is 6.33. The molecule has 0 bridgehead atoms. The van der Waals surface area contributed by atoms with E-state index in [4.69, 9.17) is 16.3 Å². The van der Waals surface area contributed by atoms with Gasteiger partial charge in [0.15, 0.2) is 0 Å². The van der Waals surface area contributed by atoms with Crippen molar-refractivity contribution in [2.24, 2.45) is 0 Å². The molecule has 1 aliphatic heterocycles. The second kappa shape index (κ2) is 9.75. The molecule has 28 heavy (non-hydrogen) atoms. The van der Waals surface area contributed by atoms with E-state index in [2.05, 4.69) is 21.2 Å². The maximum Gasteiger partial charge on any atom is 0.252 e. The van der Waals surface area contributed by atoms with Crippen molar-refractivity contribution in [3.8, 4) is 5.75 Å². The molecule has 7 heteroatoms. The van der Waals surface area contributed by atoms with Crippen LogP contribution in [0.1, 0.15) is 16.8 Å². The number of benzene rings is 2. The summed E-state index contributed by atoms with van der Waals surface area (Å²) in [6.45, 7) is 5.29. The van der Waals surface area contributed by atoms with Crippen molar-refractivity contribution < 1.29 is 13.9 Å². The average molecular weight is 406 g/mol. The summed E-state index contributed by atoms with van der Waals surface area (Å²) >= 11 is 5.92. The number of methoxy groups -OCH3 is 1. The van der Waals surface area contributed by atoms with Crippen LogP contribution in [0.4, 0.5) is 10.1 Å². The molecule has 150 valence electrons. The zero-order valence-electron chi connectivity index (χ0n) is 16.0. The minimum atomic E-state index is -0.450. The maximum atomic E-state index is 13.1. The number of piperazine rings is 1. The van der Waals surface area contributed by atoms with E-state index in [0.29, 0.717) is 12.1 Å². The first-order chi connectivity index (χ1) is 13.6. The molecule has 1 N–H and O–H groups in total. The number of para-hydroxylation sites is 2. The van der Waals surface area contributed by atoms with Crippen molar-refractivity contribution >= 4 is 23.2 Å². The molecule has 1 saturated heterocycles. The summed E-state index contributed by atoms with van der Waals surface area (Å²) < 4.78 is 18.5. The molecule has 1 heterocycles. The third kappa shape index (κ3) is 5.14. The number of ether oxygens (including phenoxy) is 1. The minimum absolute atomic E-state index is 0.130. The van der Waals surface area contributed by atoms with Gasteiger partial charge in [-0.3, -0.25) is 9.69 Å². The van der Waals surface area contributed by atoms with E-state index in [-0.39, 0.29) is 10.9 Å². The number of hydrogen-bond acceptors (Lipinski definition) is 4. The van der Waals surface area contributed by atoms with Crippen LogP contribution in [0, 0.1) is 5.82 Å². The summed E-state index contributed by atoms with van der Waals surface area (Å²) in [6, 6.07) is 11.9. The lowest BCUT2D eigenvalue weighted by molar-refractivity contribution is 0.0951. The van der Waals surface area contributed by atoms with Crippen LogP contribution in [0.2, 0.25) is 5.02 Å². The highest BCUT2D eigenvalue weighted by atomic mass is 35.5. The molecular formula is C21H25ClFN3O2. The van der Waals surface area contributed by atoms with Gasteiger partial charge in [-0.15, -0.1) is 0 Å². The van der Waals surface area contributed by atoms with Crippen LogP contribution in [0.15, 0.2) is 42.5 Å². The molecule has 1 fully saturated rings. The number of carbonyl (C=O) groups is 1. The van der Waals surface area contributed by atoms with E-state index < -0.39 is 5.82 Å². The SMILES string of the molecule is COc1ccccc1N1CCN(CCCNC(=O)c2ccc(F)cc2Cl)CC1. The highest BCUT2D eigenvalue weighted by Crippen LogP contribution is 2.28. The molecule has 1 aliphatic rings. The van der Waals surface area contributed by atoms with E-state index in [1.807, 2.05) is 18.2 Å². The average Bonchev–Trinajstić information content (AvgIpc) is 2.71. The summed E-state index contributed by atoms with van der Waals surface area (Å²) in [5.74, 6) is 0.179.